The van der Waals surface area contributed by atoms with Crippen LogP contribution in [-0.4, -0.2) is 39.1 Å². The quantitative estimate of drug-likeness (QED) is 0.473. The smallest absolute Gasteiger partial charge is 0.281 e. The summed E-state index contributed by atoms with van der Waals surface area (Å²) < 4.78 is 1.79. The fraction of sp³-hybridized carbons (Fsp3) is 0.333. The van der Waals surface area contributed by atoms with Crippen LogP contribution in [0.4, 0.5) is 5.69 Å². The Balaban J connectivity index is 1.51. The first-order valence-corrected chi connectivity index (χ1v) is 10.7. The number of aryl methyl sites for hydroxylation is 1. The molecule has 0 amide bonds. The molecular formula is C24H28N6O. The van der Waals surface area contributed by atoms with E-state index in [1.165, 1.54) is 5.56 Å². The highest BCUT2D eigenvalue weighted by atomic mass is 16.1. The lowest BCUT2D eigenvalue weighted by atomic mass is 10.1. The molecule has 0 bridgehead atoms. The number of aromatic nitrogens is 5. The molecule has 2 aromatic carbocycles. The molecule has 7 heteroatoms. The molecule has 1 atom stereocenters. The first-order chi connectivity index (χ1) is 15.0. The van der Waals surface area contributed by atoms with Gasteiger partial charge in [-0.05, 0) is 49.4 Å². The van der Waals surface area contributed by atoms with Gasteiger partial charge in [0.25, 0.3) is 5.56 Å². The summed E-state index contributed by atoms with van der Waals surface area (Å²) in [7, 11) is 4.02. The minimum Gasteiger partial charge on any atom is -0.378 e. The van der Waals surface area contributed by atoms with Gasteiger partial charge in [0.05, 0.1) is 6.04 Å². The molecule has 1 N–H and O–H groups in total. The lowest BCUT2D eigenvalue weighted by Gasteiger charge is -2.13. The number of nitrogens with zero attached hydrogens (tertiary/aromatic N) is 5. The Morgan fingerprint density at radius 1 is 1.03 bits per heavy atom. The first kappa shape index (κ1) is 20.8. The summed E-state index contributed by atoms with van der Waals surface area (Å²) in [5.74, 6) is 0.620. The van der Waals surface area contributed by atoms with E-state index in [9.17, 15) is 4.79 Å². The van der Waals surface area contributed by atoms with Crippen molar-refractivity contribution in [1.29, 1.82) is 0 Å². The fourth-order valence-corrected chi connectivity index (χ4v) is 3.74. The van der Waals surface area contributed by atoms with Crippen molar-refractivity contribution in [3.05, 3.63) is 81.9 Å². The molecule has 0 spiro atoms. The van der Waals surface area contributed by atoms with Crippen LogP contribution in [0.15, 0.2) is 59.4 Å². The van der Waals surface area contributed by atoms with Gasteiger partial charge < -0.3 is 9.88 Å². The molecule has 2 aromatic heterocycles. The molecule has 4 aromatic rings. The first-order valence-electron chi connectivity index (χ1n) is 10.7. The van der Waals surface area contributed by atoms with E-state index >= 15 is 0 Å². The van der Waals surface area contributed by atoms with E-state index in [1.54, 1.807) is 4.68 Å². The second-order valence-corrected chi connectivity index (χ2v) is 8.18. The highest BCUT2D eigenvalue weighted by Gasteiger charge is 2.16. The van der Waals surface area contributed by atoms with Crippen molar-refractivity contribution in [2.45, 2.75) is 38.6 Å². The zero-order chi connectivity index (χ0) is 21.8. The summed E-state index contributed by atoms with van der Waals surface area (Å²) in [5, 5.41) is 8.33. The van der Waals surface area contributed by atoms with E-state index in [4.69, 9.17) is 4.98 Å². The van der Waals surface area contributed by atoms with Crippen LogP contribution in [0.25, 0.3) is 11.2 Å². The molecule has 0 fully saturated rings. The molecule has 0 saturated carbocycles. The summed E-state index contributed by atoms with van der Waals surface area (Å²) in [6.45, 7) is 2.10. The molecule has 0 aliphatic rings. The highest BCUT2D eigenvalue weighted by molar-refractivity contribution is 5.68. The van der Waals surface area contributed by atoms with Gasteiger partial charge in [0.15, 0.2) is 11.2 Å². The van der Waals surface area contributed by atoms with Crippen LogP contribution < -0.4 is 10.5 Å². The Hall–Kier alpha value is -3.48. The van der Waals surface area contributed by atoms with E-state index in [1.807, 2.05) is 20.2 Å². The highest BCUT2D eigenvalue weighted by Crippen LogP contribution is 2.19. The van der Waals surface area contributed by atoms with Gasteiger partial charge in [-0.3, -0.25) is 4.79 Å². The molecule has 2 heterocycles. The number of benzene rings is 2. The number of anilines is 1. The maximum Gasteiger partial charge on any atom is 0.281 e. The van der Waals surface area contributed by atoms with Crippen molar-refractivity contribution in [2.75, 3.05) is 19.0 Å². The predicted molar refractivity (Wildman–Crippen MR) is 124 cm³/mol. The maximum atomic E-state index is 12.6. The monoisotopic (exact) mass is 416 g/mol. The van der Waals surface area contributed by atoms with E-state index in [2.05, 4.69) is 75.7 Å². The molecule has 31 heavy (non-hydrogen) atoms. The largest absolute Gasteiger partial charge is 0.378 e. The topological polar surface area (TPSA) is 79.7 Å². The van der Waals surface area contributed by atoms with Gasteiger partial charge in [-0.15, -0.1) is 5.10 Å². The van der Waals surface area contributed by atoms with Gasteiger partial charge >= 0.3 is 0 Å². The lowest BCUT2D eigenvalue weighted by Crippen LogP contribution is -2.15. The Kier molecular flexibility index (Phi) is 6.11. The van der Waals surface area contributed by atoms with Gasteiger partial charge in [-0.1, -0.05) is 47.7 Å². The average molecular weight is 417 g/mol. The van der Waals surface area contributed by atoms with Gasteiger partial charge in [-0.25, -0.2) is 9.67 Å². The second kappa shape index (κ2) is 9.12. The summed E-state index contributed by atoms with van der Waals surface area (Å²) in [6.07, 6.45) is 3.52. The number of nitrogens with one attached hydrogen (secondary N) is 1. The second-order valence-electron chi connectivity index (χ2n) is 8.18. The molecular weight excluding hydrogens is 388 g/mol. The van der Waals surface area contributed by atoms with E-state index in [0.29, 0.717) is 23.4 Å². The molecule has 160 valence electrons. The standard InChI is InChI=1S/C24H28N6O/c1-17(8-7-11-18-9-5-4-6-10-18)30-23-22(27-28-30)24(31)26-21(25-23)16-19-12-14-20(15-13-19)29(2)3/h4-6,9-10,12-15,17H,7-8,11,16H2,1-3H3,(H,25,26,31). The van der Waals surface area contributed by atoms with Crippen LogP contribution in [0.3, 0.4) is 0 Å². The molecule has 0 aliphatic carbocycles. The minimum atomic E-state index is -0.243. The van der Waals surface area contributed by atoms with Crippen molar-refractivity contribution in [1.82, 2.24) is 25.0 Å². The van der Waals surface area contributed by atoms with E-state index in [-0.39, 0.29) is 11.6 Å². The van der Waals surface area contributed by atoms with Gasteiger partial charge in [-0.2, -0.15) is 0 Å². The van der Waals surface area contributed by atoms with Crippen molar-refractivity contribution in [3.8, 4) is 0 Å². The lowest BCUT2D eigenvalue weighted by molar-refractivity contribution is 0.444. The Bertz CT molecular complexity index is 1190. The summed E-state index contributed by atoms with van der Waals surface area (Å²) in [4.78, 5) is 22.2. The third kappa shape index (κ3) is 4.82. The number of H-pyrrole nitrogens is 1. The molecule has 0 aliphatic heterocycles. The summed E-state index contributed by atoms with van der Waals surface area (Å²) in [5.41, 5.74) is 4.15. The minimum absolute atomic E-state index is 0.107. The van der Waals surface area contributed by atoms with Crippen molar-refractivity contribution >= 4 is 16.9 Å². The Morgan fingerprint density at radius 3 is 2.48 bits per heavy atom. The third-order valence-electron chi connectivity index (χ3n) is 5.56. The molecule has 7 nitrogen and oxygen atoms in total. The molecule has 1 unspecified atom stereocenters. The fourth-order valence-electron chi connectivity index (χ4n) is 3.74. The van der Waals surface area contributed by atoms with Crippen LogP contribution in [0.2, 0.25) is 0 Å². The summed E-state index contributed by atoms with van der Waals surface area (Å²) >= 11 is 0. The van der Waals surface area contributed by atoms with Crippen molar-refractivity contribution in [3.63, 3.8) is 0 Å². The van der Waals surface area contributed by atoms with Crippen LogP contribution in [-0.2, 0) is 12.8 Å². The van der Waals surface area contributed by atoms with Gasteiger partial charge in [0.2, 0.25) is 0 Å². The van der Waals surface area contributed by atoms with E-state index in [0.717, 1.165) is 30.5 Å². The average Bonchev–Trinajstić information content (AvgIpc) is 3.19. The summed E-state index contributed by atoms with van der Waals surface area (Å²) in [6, 6.07) is 18.8. The van der Waals surface area contributed by atoms with Crippen LogP contribution >= 0.6 is 0 Å². The number of hydrogen-bond donors (Lipinski definition) is 1. The van der Waals surface area contributed by atoms with Crippen molar-refractivity contribution in [2.24, 2.45) is 0 Å². The van der Waals surface area contributed by atoms with Gasteiger partial charge in [0, 0.05) is 26.2 Å². The molecule has 4 rings (SSSR count). The van der Waals surface area contributed by atoms with Gasteiger partial charge in [0.1, 0.15) is 5.82 Å². The SMILES string of the molecule is CC(CCCc1ccccc1)n1nnc2c(=O)[nH]c(Cc3ccc(N(C)C)cc3)nc21. The number of aromatic amines is 1. The van der Waals surface area contributed by atoms with E-state index < -0.39 is 0 Å². The van der Waals surface area contributed by atoms with Crippen LogP contribution in [0, 0.1) is 0 Å². The molecule has 0 saturated heterocycles. The number of rotatable bonds is 8. The van der Waals surface area contributed by atoms with Crippen molar-refractivity contribution < 1.29 is 0 Å². The Morgan fingerprint density at radius 2 is 1.77 bits per heavy atom. The molecule has 0 radical (unpaired) electrons. The third-order valence-corrected chi connectivity index (χ3v) is 5.56. The zero-order valence-electron chi connectivity index (χ0n) is 18.2. The maximum absolute atomic E-state index is 12.6. The Labute approximate surface area is 181 Å². The predicted octanol–water partition coefficient (Wildman–Crippen LogP) is 3.76. The number of hydrogen-bond acceptors (Lipinski definition) is 5. The normalized spacial score (nSPS) is 12.2. The number of fused-ring (bicyclic) bond motifs is 1. The van der Waals surface area contributed by atoms with Crippen LogP contribution in [0.5, 0.6) is 0 Å². The van der Waals surface area contributed by atoms with Crippen LogP contribution in [0.1, 0.15) is 42.8 Å². The zero-order valence-corrected chi connectivity index (χ0v) is 18.2.